The van der Waals surface area contributed by atoms with E-state index in [0.717, 1.165) is 19.3 Å². The number of anilines is 1. The molecule has 0 saturated carbocycles. The lowest BCUT2D eigenvalue weighted by molar-refractivity contribution is -0.135. The number of amides is 1. The number of esters is 1. The van der Waals surface area contributed by atoms with Gasteiger partial charge >= 0.3 is 5.97 Å². The van der Waals surface area contributed by atoms with Crippen molar-refractivity contribution >= 4 is 50.8 Å². The van der Waals surface area contributed by atoms with E-state index in [-0.39, 0.29) is 32.1 Å². The molecule has 2 aromatic carbocycles. The molecule has 0 aliphatic carbocycles. The van der Waals surface area contributed by atoms with Gasteiger partial charge in [-0.25, -0.2) is 13.2 Å². The first kappa shape index (κ1) is 22.4. The molecule has 0 bridgehead atoms. The number of benzene rings is 2. The van der Waals surface area contributed by atoms with Gasteiger partial charge in [0.05, 0.1) is 16.3 Å². The Labute approximate surface area is 185 Å². The molecular formula is C20H20Cl2N2O5S. The van der Waals surface area contributed by atoms with Crippen molar-refractivity contribution in [1.29, 1.82) is 0 Å². The molecule has 30 heavy (non-hydrogen) atoms. The molecule has 1 saturated heterocycles. The van der Waals surface area contributed by atoms with Gasteiger partial charge in [-0.05, 0) is 49.6 Å². The summed E-state index contributed by atoms with van der Waals surface area (Å²) in [5, 5.41) is 0.183. The summed E-state index contributed by atoms with van der Waals surface area (Å²) in [6.45, 7) is 0.889. The molecule has 1 aliphatic heterocycles. The number of sulfonamides is 1. The van der Waals surface area contributed by atoms with E-state index < -0.39 is 22.6 Å². The first-order chi connectivity index (χ1) is 14.3. The van der Waals surface area contributed by atoms with Gasteiger partial charge < -0.3 is 9.64 Å². The quantitative estimate of drug-likeness (QED) is 0.644. The van der Waals surface area contributed by atoms with Crippen LogP contribution in [0.15, 0.2) is 47.4 Å². The van der Waals surface area contributed by atoms with Crippen LogP contribution in [0.1, 0.15) is 29.6 Å². The highest BCUT2D eigenvalue weighted by Gasteiger charge is 2.23. The molecule has 1 heterocycles. The van der Waals surface area contributed by atoms with E-state index in [4.69, 9.17) is 27.9 Å². The highest BCUT2D eigenvalue weighted by molar-refractivity contribution is 7.92. The van der Waals surface area contributed by atoms with Crippen LogP contribution in [0, 0.1) is 0 Å². The highest BCUT2D eigenvalue weighted by atomic mass is 35.5. The number of nitrogens with zero attached hydrogens (tertiary/aromatic N) is 1. The molecule has 0 unspecified atom stereocenters. The van der Waals surface area contributed by atoms with Crippen LogP contribution in [-0.2, 0) is 19.6 Å². The molecule has 1 amide bonds. The first-order valence-corrected chi connectivity index (χ1v) is 11.5. The number of hydrogen-bond acceptors (Lipinski definition) is 5. The van der Waals surface area contributed by atoms with Crippen LogP contribution >= 0.6 is 23.2 Å². The zero-order chi connectivity index (χ0) is 21.7. The number of carbonyl (C=O) groups excluding carboxylic acids is 2. The average Bonchev–Trinajstić information content (AvgIpc) is 2.74. The van der Waals surface area contributed by atoms with Crippen LogP contribution in [0.3, 0.4) is 0 Å². The summed E-state index contributed by atoms with van der Waals surface area (Å²) < 4.78 is 33.0. The van der Waals surface area contributed by atoms with Crippen molar-refractivity contribution in [2.24, 2.45) is 0 Å². The summed E-state index contributed by atoms with van der Waals surface area (Å²) in [6.07, 6.45) is 2.93. The number of ether oxygens (including phenoxy) is 1. The molecular weight excluding hydrogens is 451 g/mol. The van der Waals surface area contributed by atoms with E-state index in [1.54, 1.807) is 17.0 Å². The topological polar surface area (TPSA) is 92.8 Å². The Morgan fingerprint density at radius 1 is 1.03 bits per heavy atom. The number of rotatable bonds is 6. The molecule has 1 aliphatic rings. The Balaban J connectivity index is 1.74. The summed E-state index contributed by atoms with van der Waals surface area (Å²) in [5.74, 6) is -1.08. The maximum Gasteiger partial charge on any atom is 0.340 e. The molecule has 3 rings (SSSR count). The minimum Gasteiger partial charge on any atom is -0.452 e. The summed E-state index contributed by atoms with van der Waals surface area (Å²) in [4.78, 5) is 26.2. The van der Waals surface area contributed by atoms with Crippen LogP contribution in [0.2, 0.25) is 10.0 Å². The number of carbonyl (C=O) groups is 2. The number of piperidine rings is 1. The fourth-order valence-corrected chi connectivity index (χ4v) is 4.92. The second-order valence-electron chi connectivity index (χ2n) is 6.74. The van der Waals surface area contributed by atoms with Gasteiger partial charge in [0.15, 0.2) is 6.61 Å². The van der Waals surface area contributed by atoms with Crippen LogP contribution in [-0.4, -0.2) is 44.9 Å². The lowest BCUT2D eigenvalue weighted by Crippen LogP contribution is -2.38. The van der Waals surface area contributed by atoms with Crippen molar-refractivity contribution in [1.82, 2.24) is 4.90 Å². The maximum atomic E-state index is 12.8. The van der Waals surface area contributed by atoms with E-state index in [1.807, 2.05) is 0 Å². The van der Waals surface area contributed by atoms with Gasteiger partial charge in [0.25, 0.3) is 15.9 Å². The SMILES string of the molecule is O=C(OCC(=O)N1CCCCC1)c1ccccc1NS(=O)(=O)c1cc(Cl)ccc1Cl. The largest absolute Gasteiger partial charge is 0.452 e. The second-order valence-corrected chi connectivity index (χ2v) is 9.24. The van der Waals surface area contributed by atoms with Gasteiger partial charge in [0.2, 0.25) is 0 Å². The summed E-state index contributed by atoms with van der Waals surface area (Å²) in [7, 11) is -4.12. The number of para-hydroxylation sites is 1. The third kappa shape index (κ3) is 5.44. The molecule has 0 spiro atoms. The second kappa shape index (κ2) is 9.68. The van der Waals surface area contributed by atoms with E-state index in [0.29, 0.717) is 13.1 Å². The number of nitrogens with one attached hydrogen (secondary N) is 1. The molecule has 7 nitrogen and oxygen atoms in total. The van der Waals surface area contributed by atoms with Crippen LogP contribution in [0.4, 0.5) is 5.69 Å². The van der Waals surface area contributed by atoms with Crippen LogP contribution in [0.5, 0.6) is 0 Å². The summed E-state index contributed by atoms with van der Waals surface area (Å²) >= 11 is 11.9. The minimum atomic E-state index is -4.12. The standard InChI is InChI=1S/C20H20Cl2N2O5S/c21-14-8-9-16(22)18(12-14)30(27,28)23-17-7-3-2-6-15(17)20(26)29-13-19(25)24-10-4-1-5-11-24/h2-3,6-9,12,23H,1,4-5,10-11,13H2. The van der Waals surface area contributed by atoms with Crippen LogP contribution < -0.4 is 4.72 Å². The minimum absolute atomic E-state index is 0.00367. The van der Waals surface area contributed by atoms with Crippen molar-refractivity contribution < 1.29 is 22.7 Å². The van der Waals surface area contributed by atoms with Crippen molar-refractivity contribution in [3.8, 4) is 0 Å². The van der Waals surface area contributed by atoms with Gasteiger partial charge in [0.1, 0.15) is 4.90 Å². The lowest BCUT2D eigenvalue weighted by Gasteiger charge is -2.26. The zero-order valence-electron chi connectivity index (χ0n) is 15.9. The predicted molar refractivity (Wildman–Crippen MR) is 114 cm³/mol. The predicted octanol–water partition coefficient (Wildman–Crippen LogP) is 3.96. The van der Waals surface area contributed by atoms with E-state index in [9.17, 15) is 18.0 Å². The van der Waals surface area contributed by atoms with Gasteiger partial charge in [0, 0.05) is 18.1 Å². The van der Waals surface area contributed by atoms with E-state index >= 15 is 0 Å². The average molecular weight is 471 g/mol. The van der Waals surface area contributed by atoms with Gasteiger partial charge in [-0.15, -0.1) is 0 Å². The molecule has 10 heteroatoms. The van der Waals surface area contributed by atoms with E-state index in [2.05, 4.69) is 4.72 Å². The lowest BCUT2D eigenvalue weighted by atomic mass is 10.1. The molecule has 0 atom stereocenters. The first-order valence-electron chi connectivity index (χ1n) is 9.30. The van der Waals surface area contributed by atoms with Crippen molar-refractivity contribution in [3.63, 3.8) is 0 Å². The Hall–Kier alpha value is -2.29. The zero-order valence-corrected chi connectivity index (χ0v) is 18.3. The summed E-state index contributed by atoms with van der Waals surface area (Å²) in [6, 6.07) is 9.99. The number of likely N-dealkylation sites (tertiary alicyclic amines) is 1. The van der Waals surface area contributed by atoms with Gasteiger partial charge in [-0.1, -0.05) is 35.3 Å². The van der Waals surface area contributed by atoms with Crippen LogP contribution in [0.25, 0.3) is 0 Å². The number of hydrogen-bond donors (Lipinski definition) is 1. The molecule has 1 fully saturated rings. The van der Waals surface area contributed by atoms with Gasteiger partial charge in [-0.2, -0.15) is 0 Å². The third-order valence-corrected chi connectivity index (χ3v) is 6.69. The Morgan fingerprint density at radius 2 is 1.73 bits per heavy atom. The highest BCUT2D eigenvalue weighted by Crippen LogP contribution is 2.28. The van der Waals surface area contributed by atoms with Crippen molar-refractivity contribution in [2.75, 3.05) is 24.4 Å². The molecule has 0 aromatic heterocycles. The fourth-order valence-electron chi connectivity index (χ4n) is 3.07. The molecule has 160 valence electrons. The summed E-state index contributed by atoms with van der Waals surface area (Å²) in [5.41, 5.74) is -0.0189. The van der Waals surface area contributed by atoms with Crippen molar-refractivity contribution in [3.05, 3.63) is 58.1 Å². The third-order valence-electron chi connectivity index (χ3n) is 4.61. The Morgan fingerprint density at radius 3 is 2.47 bits per heavy atom. The Bertz CT molecular complexity index is 1050. The monoisotopic (exact) mass is 470 g/mol. The van der Waals surface area contributed by atoms with Crippen molar-refractivity contribution in [2.45, 2.75) is 24.2 Å². The molecule has 1 N–H and O–H groups in total. The smallest absolute Gasteiger partial charge is 0.340 e. The number of halogens is 2. The van der Waals surface area contributed by atoms with E-state index in [1.165, 1.54) is 30.3 Å². The fraction of sp³-hybridized carbons (Fsp3) is 0.300. The Kier molecular flexibility index (Phi) is 7.23. The molecule has 0 radical (unpaired) electrons. The normalized spacial score (nSPS) is 14.3. The maximum absolute atomic E-state index is 12.8. The van der Waals surface area contributed by atoms with Gasteiger partial charge in [-0.3, -0.25) is 9.52 Å². The molecule has 2 aromatic rings.